The number of rotatable bonds is 4. The number of methoxy groups -OCH3 is 2. The third-order valence-electron chi connectivity index (χ3n) is 5.47. The molecule has 2 aromatic heterocycles. The topological polar surface area (TPSA) is 98.5 Å². The minimum Gasteiger partial charge on any atom is -0.504 e. The Bertz CT molecular complexity index is 1330. The summed E-state index contributed by atoms with van der Waals surface area (Å²) in [6.07, 6.45) is 0.266. The van der Waals surface area contributed by atoms with Gasteiger partial charge in [0.15, 0.2) is 11.5 Å². The molecular weight excluding hydrogens is 416 g/mol. The van der Waals surface area contributed by atoms with E-state index in [1.165, 1.54) is 18.4 Å². The molecule has 2 N–H and O–H groups in total. The first-order valence-corrected chi connectivity index (χ1v) is 10.5. The molecule has 1 atom stereocenters. The van der Waals surface area contributed by atoms with Crippen LogP contribution in [0.1, 0.15) is 29.2 Å². The summed E-state index contributed by atoms with van der Waals surface area (Å²) in [5, 5.41) is 18.6. The molecule has 2 aromatic carbocycles. The maximum atomic E-state index is 12.6. The second kappa shape index (κ2) is 7.28. The highest BCUT2D eigenvalue weighted by molar-refractivity contribution is 7.20. The molecule has 5 rings (SSSR count). The number of carbonyl (C=O) groups excluding carboxylic acids is 1. The molecule has 0 saturated carbocycles. The molecule has 31 heavy (non-hydrogen) atoms. The van der Waals surface area contributed by atoms with E-state index in [0.29, 0.717) is 16.7 Å². The maximum Gasteiger partial charge on any atom is 0.226 e. The van der Waals surface area contributed by atoms with Gasteiger partial charge in [-0.25, -0.2) is 4.98 Å². The van der Waals surface area contributed by atoms with Gasteiger partial charge in [-0.05, 0) is 42.8 Å². The van der Waals surface area contributed by atoms with Crippen LogP contribution < -0.4 is 14.8 Å². The number of aromatic nitrogens is 3. The van der Waals surface area contributed by atoms with Gasteiger partial charge in [0.1, 0.15) is 11.6 Å². The Hall–Kier alpha value is -3.59. The van der Waals surface area contributed by atoms with Gasteiger partial charge in [0.05, 0.1) is 30.1 Å². The number of phenols is 1. The van der Waals surface area contributed by atoms with E-state index in [0.717, 1.165) is 32.8 Å². The number of nitrogens with zero attached hydrogens (tertiary/aromatic N) is 3. The zero-order chi connectivity index (χ0) is 21.7. The predicted molar refractivity (Wildman–Crippen MR) is 118 cm³/mol. The lowest BCUT2D eigenvalue weighted by atomic mass is 9.85. The molecule has 0 fully saturated rings. The van der Waals surface area contributed by atoms with E-state index in [-0.39, 0.29) is 24.0 Å². The third-order valence-corrected chi connectivity index (χ3v) is 6.47. The molecule has 3 heterocycles. The average Bonchev–Trinajstić information content (AvgIpc) is 3.33. The first-order valence-electron chi connectivity index (χ1n) is 9.69. The second-order valence-electron chi connectivity index (χ2n) is 7.33. The molecule has 1 aliphatic rings. The maximum absolute atomic E-state index is 12.6. The number of hydrogen-bond acceptors (Lipinski definition) is 7. The Morgan fingerprint density at radius 3 is 2.77 bits per heavy atom. The molecule has 0 radical (unpaired) electrons. The summed E-state index contributed by atoms with van der Waals surface area (Å²) in [5.41, 5.74) is 3.38. The molecule has 0 aliphatic carbocycles. The van der Waals surface area contributed by atoms with Crippen LogP contribution in [0.25, 0.3) is 15.3 Å². The number of aryl methyl sites for hydroxylation is 1. The first kappa shape index (κ1) is 19.4. The lowest BCUT2D eigenvalue weighted by Gasteiger charge is -2.24. The Balaban J connectivity index is 1.63. The molecule has 0 saturated heterocycles. The Kier molecular flexibility index (Phi) is 4.55. The largest absolute Gasteiger partial charge is 0.504 e. The van der Waals surface area contributed by atoms with Crippen LogP contribution in [-0.2, 0) is 4.79 Å². The number of carbonyl (C=O) groups is 1. The molecule has 8 nitrogen and oxygen atoms in total. The highest BCUT2D eigenvalue weighted by Crippen LogP contribution is 2.43. The van der Waals surface area contributed by atoms with Crippen molar-refractivity contribution in [2.75, 3.05) is 19.5 Å². The van der Waals surface area contributed by atoms with Crippen molar-refractivity contribution < 1.29 is 19.4 Å². The number of ether oxygens (including phenoxy) is 2. The molecule has 0 unspecified atom stereocenters. The SMILES string of the molecule is COc1ccc2nc(-n3nc(C)c4c3NC(=O)C[C@@H]4c3ccc(OC)c(O)c3)sc2c1. The first-order chi connectivity index (χ1) is 15.0. The number of thiazole rings is 1. The van der Waals surface area contributed by atoms with Gasteiger partial charge in [0, 0.05) is 17.9 Å². The van der Waals surface area contributed by atoms with Crippen molar-refractivity contribution in [2.45, 2.75) is 19.3 Å². The molecule has 0 spiro atoms. The van der Waals surface area contributed by atoms with E-state index in [2.05, 4.69) is 5.32 Å². The lowest BCUT2D eigenvalue weighted by Crippen LogP contribution is -2.24. The fourth-order valence-electron chi connectivity index (χ4n) is 4.00. The molecule has 158 valence electrons. The third kappa shape index (κ3) is 3.17. The normalized spacial score (nSPS) is 15.6. The van der Waals surface area contributed by atoms with Crippen LogP contribution in [0.2, 0.25) is 0 Å². The van der Waals surface area contributed by atoms with E-state index in [1.807, 2.05) is 31.2 Å². The van der Waals surface area contributed by atoms with Gasteiger partial charge in [-0.15, -0.1) is 0 Å². The molecule has 1 aliphatic heterocycles. The summed E-state index contributed by atoms with van der Waals surface area (Å²) in [6, 6.07) is 10.9. The smallest absolute Gasteiger partial charge is 0.226 e. The van der Waals surface area contributed by atoms with Gasteiger partial charge in [0.25, 0.3) is 0 Å². The van der Waals surface area contributed by atoms with Crippen molar-refractivity contribution in [3.63, 3.8) is 0 Å². The molecular formula is C22H20N4O4S. The standard InChI is InChI=1S/C22H20N4O4S/c1-11-20-14(12-4-7-17(30-3)16(27)8-12)10-19(28)24-21(20)26(25-11)22-23-15-6-5-13(29-2)9-18(15)31-22/h4-9,14,27H,10H2,1-3H3,(H,24,28)/t14-/m1/s1. The van der Waals surface area contributed by atoms with Crippen LogP contribution in [-0.4, -0.2) is 40.0 Å². The number of anilines is 1. The predicted octanol–water partition coefficient (Wildman–Crippen LogP) is 3.99. The second-order valence-corrected chi connectivity index (χ2v) is 8.33. The van der Waals surface area contributed by atoms with Gasteiger partial charge >= 0.3 is 0 Å². The Morgan fingerprint density at radius 1 is 1.19 bits per heavy atom. The van der Waals surface area contributed by atoms with E-state index in [4.69, 9.17) is 19.6 Å². The quantitative estimate of drug-likeness (QED) is 0.502. The van der Waals surface area contributed by atoms with Crippen LogP contribution in [0.15, 0.2) is 36.4 Å². The highest BCUT2D eigenvalue weighted by atomic mass is 32.1. The molecule has 1 amide bonds. The van der Waals surface area contributed by atoms with E-state index in [9.17, 15) is 9.90 Å². The lowest BCUT2D eigenvalue weighted by molar-refractivity contribution is -0.116. The summed E-state index contributed by atoms with van der Waals surface area (Å²) in [5.74, 6) is 1.45. The minimum absolute atomic E-state index is 0.0395. The molecule has 0 bridgehead atoms. The van der Waals surface area contributed by atoms with Crippen LogP contribution in [0.3, 0.4) is 0 Å². The van der Waals surface area contributed by atoms with Crippen molar-refractivity contribution in [1.29, 1.82) is 0 Å². The van der Waals surface area contributed by atoms with E-state index in [1.54, 1.807) is 23.9 Å². The fraction of sp³-hybridized carbons (Fsp3) is 0.227. The van der Waals surface area contributed by atoms with Crippen molar-refractivity contribution >= 4 is 33.3 Å². The van der Waals surface area contributed by atoms with E-state index >= 15 is 0 Å². The number of benzene rings is 2. The summed E-state index contributed by atoms with van der Waals surface area (Å²) in [7, 11) is 3.13. The number of aromatic hydroxyl groups is 1. The van der Waals surface area contributed by atoms with Gasteiger partial charge in [-0.2, -0.15) is 9.78 Å². The van der Waals surface area contributed by atoms with E-state index < -0.39 is 0 Å². The molecule has 9 heteroatoms. The van der Waals surface area contributed by atoms with Crippen molar-refractivity contribution in [1.82, 2.24) is 14.8 Å². The number of phenolic OH excluding ortho intramolecular Hbond substituents is 1. The summed E-state index contributed by atoms with van der Waals surface area (Å²) >= 11 is 1.47. The fourth-order valence-corrected chi connectivity index (χ4v) is 4.96. The summed E-state index contributed by atoms with van der Waals surface area (Å²) in [4.78, 5) is 17.3. The van der Waals surface area contributed by atoms with Crippen LogP contribution >= 0.6 is 11.3 Å². The van der Waals surface area contributed by atoms with Crippen molar-refractivity contribution in [3.05, 3.63) is 53.2 Å². The zero-order valence-corrected chi connectivity index (χ0v) is 18.0. The van der Waals surface area contributed by atoms with Crippen molar-refractivity contribution in [3.8, 4) is 22.4 Å². The monoisotopic (exact) mass is 436 g/mol. The van der Waals surface area contributed by atoms with Gasteiger partial charge in [-0.3, -0.25) is 4.79 Å². The van der Waals surface area contributed by atoms with Crippen LogP contribution in [0, 0.1) is 6.92 Å². The summed E-state index contributed by atoms with van der Waals surface area (Å²) in [6.45, 7) is 1.92. The minimum atomic E-state index is -0.233. The van der Waals surface area contributed by atoms with Crippen molar-refractivity contribution in [2.24, 2.45) is 0 Å². The highest BCUT2D eigenvalue weighted by Gasteiger charge is 2.33. The Labute approximate surface area is 182 Å². The number of nitrogens with one attached hydrogen (secondary N) is 1. The van der Waals surface area contributed by atoms with Crippen LogP contribution in [0.4, 0.5) is 5.82 Å². The van der Waals surface area contributed by atoms with Crippen LogP contribution in [0.5, 0.6) is 17.2 Å². The average molecular weight is 436 g/mol. The number of hydrogen-bond donors (Lipinski definition) is 2. The number of fused-ring (bicyclic) bond motifs is 2. The Morgan fingerprint density at radius 2 is 2.03 bits per heavy atom. The van der Waals surface area contributed by atoms with Gasteiger partial charge in [-0.1, -0.05) is 17.4 Å². The van der Waals surface area contributed by atoms with Gasteiger partial charge in [0.2, 0.25) is 11.0 Å². The molecule has 4 aromatic rings. The summed E-state index contributed by atoms with van der Waals surface area (Å²) < 4.78 is 13.1. The zero-order valence-electron chi connectivity index (χ0n) is 17.2. The van der Waals surface area contributed by atoms with Gasteiger partial charge < -0.3 is 19.9 Å². The number of amides is 1.